The van der Waals surface area contributed by atoms with Crippen molar-refractivity contribution in [3.63, 3.8) is 0 Å². The van der Waals surface area contributed by atoms with E-state index in [1.807, 2.05) is 35.1 Å². The molecule has 1 aliphatic carbocycles. The van der Waals surface area contributed by atoms with Crippen LogP contribution in [0.25, 0.3) is 27.7 Å². The van der Waals surface area contributed by atoms with Gasteiger partial charge < -0.3 is 0 Å². The lowest BCUT2D eigenvalue weighted by Gasteiger charge is -2.35. The van der Waals surface area contributed by atoms with Gasteiger partial charge in [0.2, 0.25) is 0 Å². The zero-order chi connectivity index (χ0) is 17.7. The summed E-state index contributed by atoms with van der Waals surface area (Å²) in [6.07, 6.45) is 9.23. The summed E-state index contributed by atoms with van der Waals surface area (Å²) in [4.78, 5) is 17.7. The maximum atomic E-state index is 4.59. The maximum Gasteiger partial charge on any atom is 0.267 e. The molecule has 128 valence electrons. The Morgan fingerprint density at radius 3 is 2.62 bits per heavy atom. The number of aliphatic imine (C=N–C) groups is 1. The standard InChI is InChI=1S/C20H18N6/c1-20(2)10-14(11-20)24-19-23-12-18-15(5-8-26(18)25-19)13-3-4-16-17(9-13)22-7-6-21-16/h3-9,12H,10-11H2,1-2H3. The first-order valence-corrected chi connectivity index (χ1v) is 8.69. The Bertz CT molecular complexity index is 1160. The molecule has 6 heteroatoms. The summed E-state index contributed by atoms with van der Waals surface area (Å²) in [5.41, 5.74) is 6.40. The Labute approximate surface area is 150 Å². The molecule has 0 atom stereocenters. The number of aromatic nitrogens is 5. The highest BCUT2D eigenvalue weighted by atomic mass is 15.3. The fourth-order valence-corrected chi connectivity index (χ4v) is 3.59. The van der Waals surface area contributed by atoms with E-state index in [2.05, 4.69) is 45.0 Å². The van der Waals surface area contributed by atoms with Crippen molar-refractivity contribution < 1.29 is 0 Å². The van der Waals surface area contributed by atoms with Crippen LogP contribution in [-0.4, -0.2) is 30.3 Å². The van der Waals surface area contributed by atoms with Crippen LogP contribution in [-0.2, 0) is 0 Å². The lowest BCUT2D eigenvalue weighted by atomic mass is 9.71. The van der Waals surface area contributed by atoms with Crippen molar-refractivity contribution in [1.29, 1.82) is 0 Å². The Balaban J connectivity index is 1.53. The summed E-state index contributed by atoms with van der Waals surface area (Å²) in [6.45, 7) is 4.50. The summed E-state index contributed by atoms with van der Waals surface area (Å²) in [5.74, 6) is 0.523. The predicted octanol–water partition coefficient (Wildman–Crippen LogP) is 4.23. The molecule has 0 unspecified atom stereocenters. The minimum atomic E-state index is 0.364. The van der Waals surface area contributed by atoms with Crippen molar-refractivity contribution in [2.24, 2.45) is 10.4 Å². The summed E-state index contributed by atoms with van der Waals surface area (Å²) < 4.78 is 1.84. The highest BCUT2D eigenvalue weighted by molar-refractivity contribution is 5.92. The SMILES string of the molecule is CC1(C)CC(=Nc2ncc3c(-c4ccc5nccnc5c4)ccn3n2)C1. The lowest BCUT2D eigenvalue weighted by Crippen LogP contribution is -2.31. The van der Waals surface area contributed by atoms with Gasteiger partial charge in [-0.15, -0.1) is 5.10 Å². The van der Waals surface area contributed by atoms with Gasteiger partial charge in [-0.2, -0.15) is 0 Å². The molecule has 0 N–H and O–H groups in total. The van der Waals surface area contributed by atoms with Gasteiger partial charge in [-0.25, -0.2) is 14.5 Å². The fourth-order valence-electron chi connectivity index (χ4n) is 3.59. The minimum Gasteiger partial charge on any atom is -0.253 e. The van der Waals surface area contributed by atoms with Crippen molar-refractivity contribution in [2.75, 3.05) is 0 Å². The maximum absolute atomic E-state index is 4.59. The quantitative estimate of drug-likeness (QED) is 0.546. The second-order valence-corrected chi connectivity index (χ2v) is 7.57. The van der Waals surface area contributed by atoms with E-state index >= 15 is 0 Å². The van der Waals surface area contributed by atoms with Crippen LogP contribution < -0.4 is 0 Å². The molecule has 26 heavy (non-hydrogen) atoms. The zero-order valence-corrected chi connectivity index (χ0v) is 14.7. The van der Waals surface area contributed by atoms with Gasteiger partial charge >= 0.3 is 0 Å². The van der Waals surface area contributed by atoms with E-state index in [9.17, 15) is 0 Å². The molecule has 0 aliphatic heterocycles. The number of fused-ring (bicyclic) bond motifs is 2. The van der Waals surface area contributed by atoms with Gasteiger partial charge in [-0.05, 0) is 42.0 Å². The van der Waals surface area contributed by atoms with Crippen LogP contribution in [0.2, 0.25) is 0 Å². The van der Waals surface area contributed by atoms with E-state index < -0.39 is 0 Å². The van der Waals surface area contributed by atoms with Crippen LogP contribution in [0.1, 0.15) is 26.7 Å². The van der Waals surface area contributed by atoms with Crippen LogP contribution in [0.3, 0.4) is 0 Å². The van der Waals surface area contributed by atoms with Crippen molar-refractivity contribution in [2.45, 2.75) is 26.7 Å². The molecular formula is C20H18N6. The van der Waals surface area contributed by atoms with E-state index in [4.69, 9.17) is 0 Å². The topological polar surface area (TPSA) is 68.3 Å². The largest absolute Gasteiger partial charge is 0.267 e. The molecule has 1 aliphatic rings. The second kappa shape index (κ2) is 5.42. The molecular weight excluding hydrogens is 324 g/mol. The van der Waals surface area contributed by atoms with Crippen molar-refractivity contribution in [1.82, 2.24) is 24.6 Å². The third kappa shape index (κ3) is 2.54. The lowest BCUT2D eigenvalue weighted by molar-refractivity contribution is 0.340. The van der Waals surface area contributed by atoms with Gasteiger partial charge in [0.25, 0.3) is 5.95 Å². The van der Waals surface area contributed by atoms with E-state index in [-0.39, 0.29) is 0 Å². The third-order valence-corrected chi connectivity index (χ3v) is 4.81. The van der Waals surface area contributed by atoms with Gasteiger partial charge in [-0.1, -0.05) is 19.9 Å². The number of hydrogen-bond donors (Lipinski definition) is 0. The first kappa shape index (κ1) is 15.1. The monoisotopic (exact) mass is 342 g/mol. The Morgan fingerprint density at radius 1 is 1.00 bits per heavy atom. The smallest absolute Gasteiger partial charge is 0.253 e. The Hall–Kier alpha value is -3.15. The number of rotatable bonds is 2. The summed E-state index contributed by atoms with van der Waals surface area (Å²) in [5, 5.41) is 4.54. The average Bonchev–Trinajstić information content (AvgIpc) is 3.03. The second-order valence-electron chi connectivity index (χ2n) is 7.57. The average molecular weight is 342 g/mol. The first-order chi connectivity index (χ1) is 12.6. The molecule has 1 aromatic carbocycles. The fraction of sp³-hybridized carbons (Fsp3) is 0.250. The number of nitrogens with zero attached hydrogens (tertiary/aromatic N) is 6. The van der Waals surface area contributed by atoms with E-state index in [1.165, 1.54) is 5.71 Å². The molecule has 0 bridgehead atoms. The summed E-state index contributed by atoms with van der Waals surface area (Å²) in [7, 11) is 0. The molecule has 4 aromatic rings. The van der Waals surface area contributed by atoms with Crippen LogP contribution in [0.15, 0.2) is 54.0 Å². The Kier molecular flexibility index (Phi) is 3.16. The molecule has 1 fully saturated rings. The molecule has 3 aromatic heterocycles. The van der Waals surface area contributed by atoms with E-state index in [1.54, 1.807) is 12.4 Å². The van der Waals surface area contributed by atoms with Gasteiger partial charge in [-0.3, -0.25) is 9.97 Å². The van der Waals surface area contributed by atoms with Crippen molar-refractivity contribution in [3.05, 3.63) is 49.1 Å². The number of hydrogen-bond acceptors (Lipinski definition) is 5. The molecule has 5 rings (SSSR count). The van der Waals surface area contributed by atoms with E-state index in [0.717, 1.165) is 40.5 Å². The number of benzene rings is 1. The van der Waals surface area contributed by atoms with Crippen LogP contribution in [0.4, 0.5) is 5.95 Å². The van der Waals surface area contributed by atoms with Gasteiger partial charge in [0.15, 0.2) is 0 Å². The molecule has 0 spiro atoms. The zero-order valence-electron chi connectivity index (χ0n) is 14.7. The minimum absolute atomic E-state index is 0.364. The normalized spacial score (nSPS) is 16.0. The summed E-state index contributed by atoms with van der Waals surface area (Å²) >= 11 is 0. The molecule has 6 nitrogen and oxygen atoms in total. The van der Waals surface area contributed by atoms with Gasteiger partial charge in [0, 0.05) is 29.9 Å². The molecule has 0 radical (unpaired) electrons. The molecule has 0 amide bonds. The first-order valence-electron chi connectivity index (χ1n) is 8.69. The molecule has 0 saturated heterocycles. The van der Waals surface area contributed by atoms with Crippen molar-refractivity contribution in [3.8, 4) is 11.1 Å². The summed E-state index contributed by atoms with van der Waals surface area (Å²) in [6, 6.07) is 8.13. The Morgan fingerprint density at radius 2 is 1.81 bits per heavy atom. The van der Waals surface area contributed by atoms with Crippen LogP contribution in [0, 0.1) is 5.41 Å². The molecule has 1 saturated carbocycles. The molecule has 3 heterocycles. The third-order valence-electron chi connectivity index (χ3n) is 4.81. The highest BCUT2D eigenvalue weighted by Crippen LogP contribution is 2.38. The predicted molar refractivity (Wildman–Crippen MR) is 102 cm³/mol. The van der Waals surface area contributed by atoms with Gasteiger partial charge in [0.05, 0.1) is 22.7 Å². The van der Waals surface area contributed by atoms with Crippen molar-refractivity contribution >= 4 is 28.2 Å². The van der Waals surface area contributed by atoms with Crippen LogP contribution in [0.5, 0.6) is 0 Å². The van der Waals surface area contributed by atoms with Crippen LogP contribution >= 0.6 is 0 Å². The highest BCUT2D eigenvalue weighted by Gasteiger charge is 2.32. The van der Waals surface area contributed by atoms with E-state index in [0.29, 0.717) is 11.4 Å². The van der Waals surface area contributed by atoms with Gasteiger partial charge in [0.1, 0.15) is 0 Å².